The van der Waals surface area contributed by atoms with Crippen LogP contribution >= 0.6 is 15.9 Å². The largest absolute Gasteiger partial charge is 0.484 e. The molecule has 13 heteroatoms. The van der Waals surface area contributed by atoms with Gasteiger partial charge in [-0.15, -0.1) is 0 Å². The van der Waals surface area contributed by atoms with Crippen molar-refractivity contribution in [2.75, 3.05) is 18.5 Å². The maximum Gasteiger partial charge on any atom is 0.280 e. The van der Waals surface area contributed by atoms with E-state index >= 15 is 0 Å². The van der Waals surface area contributed by atoms with Crippen molar-refractivity contribution in [1.29, 1.82) is 0 Å². The van der Waals surface area contributed by atoms with E-state index in [1.165, 1.54) is 10.9 Å². The summed E-state index contributed by atoms with van der Waals surface area (Å²) in [5, 5.41) is 31.9. The predicted molar refractivity (Wildman–Crippen MR) is 109 cm³/mol. The number of anilines is 1. The van der Waals surface area contributed by atoms with E-state index in [9.17, 15) is 24.9 Å². The topological polar surface area (TPSA) is 172 Å². The maximum absolute atomic E-state index is 12.3. The number of aromatic nitrogens is 4. The number of imidazole rings is 1. The molecule has 31 heavy (non-hydrogen) atoms. The van der Waals surface area contributed by atoms with Crippen molar-refractivity contribution in [2.24, 2.45) is 0 Å². The fraction of sp³-hybridized carbons (Fsp3) is 0.333. The van der Waals surface area contributed by atoms with Crippen LogP contribution in [-0.2, 0) is 9.53 Å². The Balaban J connectivity index is 1.53. The van der Waals surface area contributed by atoms with Crippen LogP contribution in [0.5, 0.6) is 5.75 Å². The minimum atomic E-state index is -1.38. The summed E-state index contributed by atoms with van der Waals surface area (Å²) in [4.78, 5) is 35.1. The van der Waals surface area contributed by atoms with Crippen LogP contribution < -0.4 is 15.6 Å². The summed E-state index contributed by atoms with van der Waals surface area (Å²) in [6, 6.07) is 6.89. The van der Waals surface area contributed by atoms with Gasteiger partial charge in [-0.2, -0.15) is 4.98 Å². The van der Waals surface area contributed by atoms with E-state index in [2.05, 4.69) is 36.2 Å². The number of ether oxygens (including phenoxy) is 2. The predicted octanol–water partition coefficient (Wildman–Crippen LogP) is -0.489. The van der Waals surface area contributed by atoms with Crippen LogP contribution in [0, 0.1) is 0 Å². The van der Waals surface area contributed by atoms with Crippen molar-refractivity contribution in [1.82, 2.24) is 19.5 Å². The van der Waals surface area contributed by atoms with E-state index in [0.717, 1.165) is 4.47 Å². The molecule has 3 aromatic rings. The molecule has 1 aliphatic heterocycles. The zero-order valence-corrected chi connectivity index (χ0v) is 17.4. The highest BCUT2D eigenvalue weighted by atomic mass is 79.9. The number of hydrogen-bond donors (Lipinski definition) is 5. The van der Waals surface area contributed by atoms with Gasteiger partial charge in [0, 0.05) is 4.47 Å². The Kier molecular flexibility index (Phi) is 6.02. The summed E-state index contributed by atoms with van der Waals surface area (Å²) in [6.45, 7) is -0.827. The van der Waals surface area contributed by atoms with Gasteiger partial charge in [-0.05, 0) is 24.3 Å². The molecule has 2 aromatic heterocycles. The van der Waals surface area contributed by atoms with E-state index in [1.54, 1.807) is 24.3 Å². The molecule has 12 nitrogen and oxygen atoms in total. The maximum atomic E-state index is 12.3. The average Bonchev–Trinajstić information content (AvgIpc) is 3.29. The number of H-pyrrole nitrogens is 1. The molecular formula is C18H18BrN5O7. The minimum absolute atomic E-state index is 0.0164. The average molecular weight is 496 g/mol. The van der Waals surface area contributed by atoms with E-state index in [4.69, 9.17) is 9.47 Å². The molecule has 1 fully saturated rings. The second-order valence-electron chi connectivity index (χ2n) is 6.76. The second kappa shape index (κ2) is 8.72. The van der Waals surface area contributed by atoms with Crippen molar-refractivity contribution in [3.63, 3.8) is 0 Å². The third-order valence-corrected chi connectivity index (χ3v) is 5.19. The normalized spacial score (nSPS) is 23.2. The van der Waals surface area contributed by atoms with Gasteiger partial charge < -0.3 is 24.8 Å². The number of fused-ring (bicyclic) bond motifs is 1. The summed E-state index contributed by atoms with van der Waals surface area (Å²) in [5.74, 6) is -0.238. The molecule has 0 saturated carbocycles. The second-order valence-corrected chi connectivity index (χ2v) is 7.67. The van der Waals surface area contributed by atoms with Crippen molar-refractivity contribution in [3.05, 3.63) is 45.4 Å². The Morgan fingerprint density at radius 2 is 2.03 bits per heavy atom. The number of aliphatic hydroxyl groups excluding tert-OH is 3. The van der Waals surface area contributed by atoms with Gasteiger partial charge in [0.1, 0.15) is 24.1 Å². The van der Waals surface area contributed by atoms with Crippen LogP contribution in [0.4, 0.5) is 5.95 Å². The molecule has 0 radical (unpaired) electrons. The molecule has 1 amide bonds. The zero-order chi connectivity index (χ0) is 22.1. The van der Waals surface area contributed by atoms with E-state index in [-0.39, 0.29) is 23.7 Å². The van der Waals surface area contributed by atoms with Gasteiger partial charge in [-0.1, -0.05) is 15.9 Å². The molecule has 1 aromatic carbocycles. The van der Waals surface area contributed by atoms with Gasteiger partial charge in [-0.3, -0.25) is 24.5 Å². The Hall–Kier alpha value is -2.84. The van der Waals surface area contributed by atoms with Crippen LogP contribution in [0.1, 0.15) is 6.23 Å². The van der Waals surface area contributed by atoms with Crippen LogP contribution in [0.3, 0.4) is 0 Å². The number of nitrogens with one attached hydrogen (secondary N) is 2. The summed E-state index contributed by atoms with van der Waals surface area (Å²) >= 11 is 3.30. The number of aliphatic hydroxyl groups is 3. The highest BCUT2D eigenvalue weighted by molar-refractivity contribution is 9.10. The van der Waals surface area contributed by atoms with Gasteiger partial charge in [0.2, 0.25) is 5.95 Å². The first-order chi connectivity index (χ1) is 14.9. The number of aromatic amines is 1. The molecule has 1 aliphatic rings. The van der Waals surface area contributed by atoms with Crippen LogP contribution in [-0.4, -0.2) is 72.3 Å². The van der Waals surface area contributed by atoms with Crippen molar-refractivity contribution in [2.45, 2.75) is 24.5 Å². The standard InChI is InChI=1S/C18H18BrN5O7/c19-8-1-3-9(4-2-8)30-6-11(26)21-18-22-15-12(16(29)23-18)20-7-24(15)17-14(28)13(27)10(5-25)31-17/h1-4,7,10,13-14,17,25,27-28H,5-6H2,(H2,21,22,23,26,29)/t10-,13-,14-,17-/m1/s1. The smallest absolute Gasteiger partial charge is 0.280 e. The number of amides is 1. The number of nitrogens with zero attached hydrogens (tertiary/aromatic N) is 3. The molecule has 3 heterocycles. The monoisotopic (exact) mass is 495 g/mol. The highest BCUT2D eigenvalue weighted by Crippen LogP contribution is 2.30. The Labute approximate surface area is 182 Å². The lowest BCUT2D eigenvalue weighted by atomic mass is 10.1. The lowest BCUT2D eigenvalue weighted by Gasteiger charge is -2.16. The van der Waals surface area contributed by atoms with Gasteiger partial charge in [0.05, 0.1) is 12.9 Å². The molecule has 0 unspecified atom stereocenters. The number of halogens is 1. The van der Waals surface area contributed by atoms with Crippen molar-refractivity contribution >= 4 is 38.9 Å². The van der Waals surface area contributed by atoms with Gasteiger partial charge in [0.25, 0.3) is 11.5 Å². The van der Waals surface area contributed by atoms with Gasteiger partial charge in [0.15, 0.2) is 24.0 Å². The molecule has 0 aliphatic carbocycles. The Morgan fingerprint density at radius 1 is 1.29 bits per heavy atom. The molecule has 5 N–H and O–H groups in total. The summed E-state index contributed by atoms with van der Waals surface area (Å²) in [6.07, 6.45) is -3.63. The SMILES string of the molecule is O=C(COc1ccc(Br)cc1)Nc1nc2c(ncn2[C@@H]2O[C@H](CO)[C@@H](O)[C@H]2O)c(=O)[nH]1. The first-order valence-corrected chi connectivity index (χ1v) is 9.94. The molecule has 0 spiro atoms. The fourth-order valence-electron chi connectivity index (χ4n) is 3.13. The summed E-state index contributed by atoms with van der Waals surface area (Å²) in [5.41, 5.74) is -0.663. The van der Waals surface area contributed by atoms with E-state index in [0.29, 0.717) is 5.75 Å². The van der Waals surface area contributed by atoms with Crippen LogP contribution in [0.15, 0.2) is 39.9 Å². The lowest BCUT2D eigenvalue weighted by Crippen LogP contribution is -2.33. The van der Waals surface area contributed by atoms with Crippen LogP contribution in [0.25, 0.3) is 11.2 Å². The van der Waals surface area contributed by atoms with Crippen molar-refractivity contribution in [3.8, 4) is 5.75 Å². The van der Waals surface area contributed by atoms with Gasteiger partial charge >= 0.3 is 0 Å². The molecular weight excluding hydrogens is 478 g/mol. The fourth-order valence-corrected chi connectivity index (χ4v) is 3.39. The van der Waals surface area contributed by atoms with Crippen molar-refractivity contribution < 1.29 is 29.6 Å². The molecule has 0 bridgehead atoms. The van der Waals surface area contributed by atoms with Gasteiger partial charge in [-0.25, -0.2) is 4.98 Å². The summed E-state index contributed by atoms with van der Waals surface area (Å²) < 4.78 is 13.0. The molecule has 4 rings (SSSR count). The van der Waals surface area contributed by atoms with Crippen LogP contribution in [0.2, 0.25) is 0 Å². The Bertz CT molecular complexity index is 1150. The molecule has 164 valence electrons. The number of rotatable bonds is 6. The molecule has 4 atom stereocenters. The zero-order valence-electron chi connectivity index (χ0n) is 15.8. The number of hydrogen-bond acceptors (Lipinski definition) is 9. The number of benzene rings is 1. The first kappa shape index (κ1) is 21.4. The summed E-state index contributed by atoms with van der Waals surface area (Å²) in [7, 11) is 0. The minimum Gasteiger partial charge on any atom is -0.484 e. The highest BCUT2D eigenvalue weighted by Gasteiger charge is 2.44. The molecule has 1 saturated heterocycles. The lowest BCUT2D eigenvalue weighted by molar-refractivity contribution is -0.118. The Morgan fingerprint density at radius 3 is 2.71 bits per heavy atom. The third kappa shape index (κ3) is 4.31. The quantitative estimate of drug-likeness (QED) is 0.302. The third-order valence-electron chi connectivity index (χ3n) is 4.67. The van der Waals surface area contributed by atoms with E-state index in [1.807, 2.05) is 0 Å². The number of carbonyl (C=O) groups is 1. The first-order valence-electron chi connectivity index (χ1n) is 9.15. The number of carbonyl (C=O) groups excluding carboxylic acids is 1. The van der Waals surface area contributed by atoms with E-state index < -0.39 is 42.6 Å².